The lowest BCUT2D eigenvalue weighted by Gasteiger charge is -2.14. The van der Waals surface area contributed by atoms with Crippen LogP contribution in [0.2, 0.25) is 0 Å². The van der Waals surface area contributed by atoms with Crippen LogP contribution in [0.15, 0.2) is 53.0 Å². The summed E-state index contributed by atoms with van der Waals surface area (Å²) in [5.41, 5.74) is 1.23. The van der Waals surface area contributed by atoms with Gasteiger partial charge in [-0.05, 0) is 33.6 Å². The zero-order chi connectivity index (χ0) is 13.7. The van der Waals surface area contributed by atoms with Gasteiger partial charge in [0.15, 0.2) is 6.29 Å². The van der Waals surface area contributed by atoms with Gasteiger partial charge in [0.25, 0.3) is 0 Å². The predicted molar refractivity (Wildman–Crippen MR) is 76.4 cm³/mol. The topological polar surface area (TPSA) is 46.5 Å². The van der Waals surface area contributed by atoms with E-state index < -0.39 is 6.10 Å². The summed E-state index contributed by atoms with van der Waals surface area (Å²) in [6.45, 7) is 0.0907. The molecular formula is C15H13BrO3. The lowest BCUT2D eigenvalue weighted by atomic mass is 10.1. The van der Waals surface area contributed by atoms with E-state index in [1.807, 2.05) is 30.3 Å². The highest BCUT2D eigenvalue weighted by Gasteiger charge is 2.12. The second-order valence-electron chi connectivity index (χ2n) is 4.01. The number of hydrogen-bond acceptors (Lipinski definition) is 3. The number of carbonyl (C=O) groups excluding carboxylic acids is 1. The van der Waals surface area contributed by atoms with Gasteiger partial charge in [0, 0.05) is 0 Å². The summed E-state index contributed by atoms with van der Waals surface area (Å²) >= 11 is 3.33. The molecule has 0 saturated carbocycles. The van der Waals surface area contributed by atoms with Crippen LogP contribution in [-0.4, -0.2) is 18.0 Å². The molecule has 0 amide bonds. The van der Waals surface area contributed by atoms with Crippen molar-refractivity contribution in [1.82, 2.24) is 0 Å². The minimum atomic E-state index is -0.729. The Balaban J connectivity index is 2.09. The van der Waals surface area contributed by atoms with Gasteiger partial charge in [0.05, 0.1) is 10.0 Å². The average Bonchev–Trinajstić information content (AvgIpc) is 2.46. The summed E-state index contributed by atoms with van der Waals surface area (Å²) in [5.74, 6) is 0.451. The van der Waals surface area contributed by atoms with E-state index in [4.69, 9.17) is 4.74 Å². The molecule has 3 nitrogen and oxygen atoms in total. The van der Waals surface area contributed by atoms with Crippen LogP contribution in [0.3, 0.4) is 0 Å². The predicted octanol–water partition coefficient (Wildman–Crippen LogP) is 3.37. The van der Waals surface area contributed by atoms with Crippen molar-refractivity contribution in [3.05, 3.63) is 64.1 Å². The largest absolute Gasteiger partial charge is 0.489 e. The maximum Gasteiger partial charge on any atom is 0.153 e. The first-order chi connectivity index (χ1) is 9.22. The Kier molecular flexibility index (Phi) is 4.71. The second-order valence-corrected chi connectivity index (χ2v) is 4.87. The molecule has 2 rings (SSSR count). The highest BCUT2D eigenvalue weighted by Crippen LogP contribution is 2.29. The van der Waals surface area contributed by atoms with E-state index in [1.165, 1.54) is 0 Å². The average molecular weight is 321 g/mol. The Morgan fingerprint density at radius 2 is 1.89 bits per heavy atom. The van der Waals surface area contributed by atoms with Crippen LogP contribution in [0.25, 0.3) is 0 Å². The molecule has 0 heterocycles. The molecule has 98 valence electrons. The first kappa shape index (κ1) is 13.8. The molecule has 0 aliphatic rings. The van der Waals surface area contributed by atoms with Gasteiger partial charge in [-0.1, -0.05) is 36.4 Å². The molecule has 0 aliphatic heterocycles. The monoisotopic (exact) mass is 320 g/mol. The highest BCUT2D eigenvalue weighted by molar-refractivity contribution is 9.10. The number of carbonyl (C=O) groups is 1. The van der Waals surface area contributed by atoms with E-state index >= 15 is 0 Å². The number of aliphatic hydroxyl groups excluding tert-OH is 1. The summed E-state index contributed by atoms with van der Waals surface area (Å²) in [5, 5.41) is 10.0. The Hall–Kier alpha value is -1.65. The zero-order valence-corrected chi connectivity index (χ0v) is 11.7. The standard InChI is InChI=1S/C15H13BrO3/c16-13-8-4-7-12(9-17)15(13)19-10-14(18)11-5-2-1-3-6-11/h1-9,14,18H,10H2. The fourth-order valence-electron chi connectivity index (χ4n) is 1.70. The summed E-state index contributed by atoms with van der Waals surface area (Å²) < 4.78 is 6.24. The Bertz CT molecular complexity index is 555. The quantitative estimate of drug-likeness (QED) is 0.859. The van der Waals surface area contributed by atoms with Crippen LogP contribution in [0.4, 0.5) is 0 Å². The number of aliphatic hydroxyl groups is 1. The van der Waals surface area contributed by atoms with Crippen molar-refractivity contribution in [2.24, 2.45) is 0 Å². The Morgan fingerprint density at radius 1 is 1.16 bits per heavy atom. The number of hydrogen-bond donors (Lipinski definition) is 1. The van der Waals surface area contributed by atoms with Crippen LogP contribution in [0.1, 0.15) is 22.0 Å². The number of benzene rings is 2. The molecule has 1 atom stereocenters. The molecule has 0 bridgehead atoms. The third kappa shape index (κ3) is 3.43. The van der Waals surface area contributed by atoms with Crippen molar-refractivity contribution in [2.45, 2.75) is 6.10 Å². The highest BCUT2D eigenvalue weighted by atomic mass is 79.9. The third-order valence-electron chi connectivity index (χ3n) is 2.69. The Morgan fingerprint density at radius 3 is 2.58 bits per heavy atom. The Labute approximate surface area is 120 Å². The maximum absolute atomic E-state index is 10.9. The number of para-hydroxylation sites is 1. The second kappa shape index (κ2) is 6.50. The molecule has 1 unspecified atom stereocenters. The van der Waals surface area contributed by atoms with Crippen molar-refractivity contribution in [1.29, 1.82) is 0 Å². The van der Waals surface area contributed by atoms with Crippen LogP contribution >= 0.6 is 15.9 Å². The molecule has 19 heavy (non-hydrogen) atoms. The van der Waals surface area contributed by atoms with Gasteiger partial charge < -0.3 is 9.84 Å². The number of aldehydes is 1. The molecule has 0 saturated heterocycles. The van der Waals surface area contributed by atoms with E-state index in [2.05, 4.69) is 15.9 Å². The number of ether oxygens (including phenoxy) is 1. The van der Waals surface area contributed by atoms with Crippen LogP contribution in [-0.2, 0) is 0 Å². The molecule has 0 radical (unpaired) electrons. The van der Waals surface area contributed by atoms with Gasteiger partial charge in [0.2, 0.25) is 0 Å². The molecule has 0 spiro atoms. The van der Waals surface area contributed by atoms with E-state index in [0.29, 0.717) is 15.8 Å². The van der Waals surface area contributed by atoms with Gasteiger partial charge in [-0.15, -0.1) is 0 Å². The van der Waals surface area contributed by atoms with Crippen molar-refractivity contribution in [2.75, 3.05) is 6.61 Å². The molecular weight excluding hydrogens is 308 g/mol. The molecule has 1 N–H and O–H groups in total. The molecule has 0 aromatic heterocycles. The van der Waals surface area contributed by atoms with Crippen LogP contribution in [0, 0.1) is 0 Å². The summed E-state index contributed by atoms with van der Waals surface area (Å²) in [6.07, 6.45) is 0.00226. The fraction of sp³-hybridized carbons (Fsp3) is 0.133. The molecule has 2 aromatic rings. The van der Waals surface area contributed by atoms with Crippen molar-refractivity contribution >= 4 is 22.2 Å². The first-order valence-corrected chi connectivity index (χ1v) is 6.61. The first-order valence-electron chi connectivity index (χ1n) is 5.82. The van der Waals surface area contributed by atoms with Gasteiger partial charge in [-0.25, -0.2) is 0 Å². The lowest BCUT2D eigenvalue weighted by molar-refractivity contribution is 0.104. The minimum absolute atomic E-state index is 0.0907. The number of halogens is 1. The van der Waals surface area contributed by atoms with Crippen LogP contribution in [0.5, 0.6) is 5.75 Å². The van der Waals surface area contributed by atoms with Crippen molar-refractivity contribution < 1.29 is 14.6 Å². The summed E-state index contributed by atoms with van der Waals surface area (Å²) in [7, 11) is 0. The smallest absolute Gasteiger partial charge is 0.153 e. The van der Waals surface area contributed by atoms with Crippen molar-refractivity contribution in [3.8, 4) is 5.75 Å². The van der Waals surface area contributed by atoms with Gasteiger partial charge in [-0.3, -0.25) is 4.79 Å². The van der Waals surface area contributed by atoms with Gasteiger partial charge in [0.1, 0.15) is 18.5 Å². The van der Waals surface area contributed by atoms with Gasteiger partial charge >= 0.3 is 0 Å². The summed E-state index contributed by atoms with van der Waals surface area (Å²) in [4.78, 5) is 10.9. The SMILES string of the molecule is O=Cc1cccc(Br)c1OCC(O)c1ccccc1. The van der Waals surface area contributed by atoms with Crippen molar-refractivity contribution in [3.63, 3.8) is 0 Å². The molecule has 2 aromatic carbocycles. The molecule has 0 fully saturated rings. The van der Waals surface area contributed by atoms with Gasteiger partial charge in [-0.2, -0.15) is 0 Å². The van der Waals surface area contributed by atoms with E-state index in [0.717, 1.165) is 11.8 Å². The lowest BCUT2D eigenvalue weighted by Crippen LogP contribution is -2.10. The van der Waals surface area contributed by atoms with E-state index in [1.54, 1.807) is 18.2 Å². The maximum atomic E-state index is 10.9. The molecule has 0 aliphatic carbocycles. The van der Waals surface area contributed by atoms with E-state index in [9.17, 15) is 9.90 Å². The fourth-order valence-corrected chi connectivity index (χ4v) is 2.20. The van der Waals surface area contributed by atoms with Crippen LogP contribution < -0.4 is 4.74 Å². The van der Waals surface area contributed by atoms with E-state index in [-0.39, 0.29) is 6.61 Å². The number of rotatable bonds is 5. The normalized spacial score (nSPS) is 11.9. The molecule has 4 heteroatoms. The third-order valence-corrected chi connectivity index (χ3v) is 3.32. The summed E-state index contributed by atoms with van der Waals surface area (Å²) in [6, 6.07) is 14.5. The minimum Gasteiger partial charge on any atom is -0.489 e. The zero-order valence-electron chi connectivity index (χ0n) is 10.1.